The second-order valence-electron chi connectivity index (χ2n) is 4.80. The van der Waals surface area contributed by atoms with Gasteiger partial charge in [0.1, 0.15) is 6.04 Å². The van der Waals surface area contributed by atoms with E-state index in [1.54, 1.807) is 11.3 Å². The number of hydrogen-bond donors (Lipinski definition) is 2. The minimum Gasteiger partial charge on any atom is -0.480 e. The molecule has 1 aliphatic rings. The van der Waals surface area contributed by atoms with Gasteiger partial charge in [0.25, 0.3) is 0 Å². The van der Waals surface area contributed by atoms with Crippen LogP contribution in [0.3, 0.4) is 0 Å². The number of carboxylic acid groups (broad SMARTS) is 1. The zero-order valence-corrected chi connectivity index (χ0v) is 13.3. The zero-order chi connectivity index (χ0) is 14.9. The number of hydrogen-bond acceptors (Lipinski definition) is 4. The monoisotopic (exact) mass is 314 g/mol. The van der Waals surface area contributed by atoms with Gasteiger partial charge in [-0.1, -0.05) is 0 Å². The van der Waals surface area contributed by atoms with Crippen molar-refractivity contribution in [1.29, 1.82) is 0 Å². The number of aliphatic carboxylic acids is 1. The van der Waals surface area contributed by atoms with E-state index in [4.69, 9.17) is 5.11 Å². The summed E-state index contributed by atoms with van der Waals surface area (Å²) in [7, 11) is 0. The molecule has 2 amide bonds. The second kappa shape index (κ2) is 6.05. The first kappa shape index (κ1) is 15.2. The first-order chi connectivity index (χ1) is 9.40. The van der Waals surface area contributed by atoms with Crippen molar-refractivity contribution in [2.24, 2.45) is 0 Å². The predicted molar refractivity (Wildman–Crippen MR) is 81.2 cm³/mol. The Morgan fingerprint density at radius 2 is 2.20 bits per heavy atom. The van der Waals surface area contributed by atoms with E-state index in [1.807, 2.05) is 20.8 Å². The fraction of sp³-hybridized carbons (Fsp3) is 0.538. The number of rotatable bonds is 3. The van der Waals surface area contributed by atoms with E-state index in [9.17, 15) is 9.59 Å². The van der Waals surface area contributed by atoms with Gasteiger partial charge in [-0.15, -0.1) is 23.1 Å². The number of urea groups is 1. The molecule has 1 aromatic heterocycles. The van der Waals surface area contributed by atoms with E-state index in [-0.39, 0.29) is 11.4 Å². The average molecular weight is 314 g/mol. The van der Waals surface area contributed by atoms with Crippen molar-refractivity contribution >= 4 is 35.1 Å². The van der Waals surface area contributed by atoms with Crippen LogP contribution in [0.4, 0.5) is 4.79 Å². The minimum atomic E-state index is -0.945. The van der Waals surface area contributed by atoms with Crippen LogP contribution >= 0.6 is 23.1 Å². The van der Waals surface area contributed by atoms with Crippen LogP contribution in [0.25, 0.3) is 0 Å². The Morgan fingerprint density at radius 3 is 2.75 bits per heavy atom. The molecule has 2 unspecified atom stereocenters. The van der Waals surface area contributed by atoms with Crippen LogP contribution < -0.4 is 5.32 Å². The van der Waals surface area contributed by atoms with Crippen LogP contribution in [-0.4, -0.2) is 39.2 Å². The lowest BCUT2D eigenvalue weighted by atomic mass is 10.3. The molecule has 0 saturated carbocycles. The van der Waals surface area contributed by atoms with Gasteiger partial charge in [0.05, 0.1) is 11.9 Å². The molecule has 2 heterocycles. The Labute approximate surface area is 126 Å². The Morgan fingerprint density at radius 1 is 1.50 bits per heavy atom. The molecule has 20 heavy (non-hydrogen) atoms. The first-order valence-corrected chi connectivity index (χ1v) is 8.23. The van der Waals surface area contributed by atoms with Gasteiger partial charge in [-0.25, -0.2) is 9.59 Å². The third-order valence-corrected chi connectivity index (χ3v) is 5.74. The van der Waals surface area contributed by atoms with E-state index in [1.165, 1.54) is 27.1 Å². The van der Waals surface area contributed by atoms with Crippen molar-refractivity contribution in [2.75, 3.05) is 5.75 Å². The Bertz CT molecular complexity index is 510. The fourth-order valence-corrected chi connectivity index (χ4v) is 4.29. The third kappa shape index (κ3) is 3.09. The molecule has 1 fully saturated rings. The molecule has 2 N–H and O–H groups in total. The number of carbonyl (C=O) groups excluding carboxylic acids is 1. The summed E-state index contributed by atoms with van der Waals surface area (Å²) in [5, 5.41) is 11.9. The molecule has 0 aliphatic carbocycles. The highest BCUT2D eigenvalue weighted by Gasteiger charge is 2.39. The molecule has 0 aromatic carbocycles. The van der Waals surface area contributed by atoms with Crippen LogP contribution in [0.15, 0.2) is 6.07 Å². The normalized spacial score (nSPS) is 22.1. The largest absolute Gasteiger partial charge is 0.480 e. The highest BCUT2D eigenvalue weighted by molar-refractivity contribution is 8.00. The molecule has 7 heteroatoms. The maximum Gasteiger partial charge on any atom is 0.327 e. The number of amides is 2. The summed E-state index contributed by atoms with van der Waals surface area (Å²) in [6, 6.07) is 1.01. The van der Waals surface area contributed by atoms with Gasteiger partial charge in [-0.05, 0) is 32.4 Å². The zero-order valence-electron chi connectivity index (χ0n) is 11.7. The number of carbonyl (C=O) groups is 2. The first-order valence-electron chi connectivity index (χ1n) is 6.36. The number of aryl methyl sites for hydroxylation is 2. The van der Waals surface area contributed by atoms with Crippen molar-refractivity contribution in [3.05, 3.63) is 21.4 Å². The van der Waals surface area contributed by atoms with Gasteiger partial charge < -0.3 is 10.4 Å². The molecule has 110 valence electrons. The third-order valence-electron chi connectivity index (χ3n) is 3.37. The number of thiophene rings is 1. The molecule has 0 spiro atoms. The summed E-state index contributed by atoms with van der Waals surface area (Å²) >= 11 is 3.14. The van der Waals surface area contributed by atoms with Crippen LogP contribution in [0.1, 0.15) is 22.2 Å². The molecule has 1 saturated heterocycles. The number of thioether (sulfide) groups is 1. The highest BCUT2D eigenvalue weighted by Crippen LogP contribution is 2.29. The van der Waals surface area contributed by atoms with E-state index in [0.717, 1.165) is 4.88 Å². The SMILES string of the molecule is Cc1cc(CNC(=O)N2C(C)SCC2C(=O)O)sc1C. The van der Waals surface area contributed by atoms with Crippen LogP contribution in [0, 0.1) is 13.8 Å². The molecule has 1 aromatic rings. The standard InChI is InChI=1S/C13H18N2O3S2/c1-7-4-10(20-8(7)2)5-14-13(18)15-9(3)19-6-11(15)12(16)17/h4,9,11H,5-6H2,1-3H3,(H,14,18)(H,16,17). The minimum absolute atomic E-state index is 0.108. The lowest BCUT2D eigenvalue weighted by Gasteiger charge is -2.25. The second-order valence-corrected chi connectivity index (χ2v) is 7.49. The lowest BCUT2D eigenvalue weighted by Crippen LogP contribution is -2.49. The van der Waals surface area contributed by atoms with Gasteiger partial charge in [0.2, 0.25) is 0 Å². The molecule has 1 aliphatic heterocycles. The highest BCUT2D eigenvalue weighted by atomic mass is 32.2. The summed E-state index contributed by atoms with van der Waals surface area (Å²) in [6.07, 6.45) is 0. The van der Waals surface area contributed by atoms with Gasteiger partial charge in [-0.2, -0.15) is 0 Å². The van der Waals surface area contributed by atoms with Crippen molar-refractivity contribution < 1.29 is 14.7 Å². The molecular formula is C13H18N2O3S2. The van der Waals surface area contributed by atoms with Gasteiger partial charge in [0, 0.05) is 15.5 Å². The molecular weight excluding hydrogens is 296 g/mol. The molecule has 2 rings (SSSR count). The number of nitrogens with zero attached hydrogens (tertiary/aromatic N) is 1. The van der Waals surface area contributed by atoms with E-state index < -0.39 is 12.0 Å². The summed E-state index contributed by atoms with van der Waals surface area (Å²) < 4.78 is 0. The molecule has 2 atom stereocenters. The van der Waals surface area contributed by atoms with Gasteiger partial charge >= 0.3 is 12.0 Å². The molecule has 5 nitrogen and oxygen atoms in total. The van der Waals surface area contributed by atoms with Gasteiger partial charge in [0.15, 0.2) is 0 Å². The maximum absolute atomic E-state index is 12.2. The van der Waals surface area contributed by atoms with Crippen molar-refractivity contribution in [3.8, 4) is 0 Å². The van der Waals surface area contributed by atoms with Crippen molar-refractivity contribution in [2.45, 2.75) is 38.7 Å². The predicted octanol–water partition coefficient (Wildman–Crippen LogP) is 2.42. The smallest absolute Gasteiger partial charge is 0.327 e. The van der Waals surface area contributed by atoms with E-state index in [0.29, 0.717) is 12.3 Å². The van der Waals surface area contributed by atoms with Gasteiger partial charge in [-0.3, -0.25) is 4.90 Å². The number of nitrogens with one attached hydrogen (secondary N) is 1. The van der Waals surface area contributed by atoms with Crippen molar-refractivity contribution in [3.63, 3.8) is 0 Å². The summed E-state index contributed by atoms with van der Waals surface area (Å²) in [5.41, 5.74) is 1.22. The Kier molecular flexibility index (Phi) is 4.59. The average Bonchev–Trinajstić information content (AvgIpc) is 2.90. The maximum atomic E-state index is 12.2. The van der Waals surface area contributed by atoms with E-state index in [2.05, 4.69) is 11.4 Å². The topological polar surface area (TPSA) is 69.6 Å². The fourth-order valence-electron chi connectivity index (χ4n) is 2.13. The quantitative estimate of drug-likeness (QED) is 0.899. The summed E-state index contributed by atoms with van der Waals surface area (Å²) in [6.45, 7) is 6.38. The van der Waals surface area contributed by atoms with Crippen LogP contribution in [-0.2, 0) is 11.3 Å². The van der Waals surface area contributed by atoms with Crippen LogP contribution in [0.5, 0.6) is 0 Å². The van der Waals surface area contributed by atoms with Crippen molar-refractivity contribution in [1.82, 2.24) is 10.2 Å². The summed E-state index contributed by atoms with van der Waals surface area (Å²) in [5.74, 6) is -0.499. The molecule has 0 bridgehead atoms. The summed E-state index contributed by atoms with van der Waals surface area (Å²) in [4.78, 5) is 27.1. The number of carboxylic acids is 1. The Hall–Kier alpha value is -1.21. The van der Waals surface area contributed by atoms with Crippen LogP contribution in [0.2, 0.25) is 0 Å². The molecule has 0 radical (unpaired) electrons. The Balaban J connectivity index is 1.98. The lowest BCUT2D eigenvalue weighted by molar-refractivity contribution is -0.141. The van der Waals surface area contributed by atoms with E-state index >= 15 is 0 Å².